The molecule has 0 saturated heterocycles. The van der Waals surface area contributed by atoms with Crippen LogP contribution in [0, 0.1) is 6.92 Å². The van der Waals surface area contributed by atoms with Gasteiger partial charge >= 0.3 is 0 Å². The molecule has 3 aromatic rings. The summed E-state index contributed by atoms with van der Waals surface area (Å²) in [5.41, 5.74) is 3.43. The number of para-hydroxylation sites is 1. The summed E-state index contributed by atoms with van der Waals surface area (Å²) in [7, 11) is 0. The summed E-state index contributed by atoms with van der Waals surface area (Å²) in [4.78, 5) is 16.9. The molecule has 1 N–H and O–H groups in total. The van der Waals surface area contributed by atoms with Crippen molar-refractivity contribution in [3.63, 3.8) is 0 Å². The Morgan fingerprint density at radius 3 is 3.04 bits per heavy atom. The smallest absolute Gasteiger partial charge is 0.255 e. The molecule has 4 rings (SSSR count). The van der Waals surface area contributed by atoms with Gasteiger partial charge in [-0.25, -0.2) is 4.98 Å². The number of carbonyl (C=O) groups is 1. The van der Waals surface area contributed by atoms with E-state index in [9.17, 15) is 4.79 Å². The zero-order chi connectivity index (χ0) is 18.1. The third kappa shape index (κ3) is 3.01. The highest BCUT2D eigenvalue weighted by atomic mass is 16.5. The zero-order valence-electron chi connectivity index (χ0n) is 14.5. The Hall–Kier alpha value is -3.28. The monoisotopic (exact) mass is 350 g/mol. The van der Waals surface area contributed by atoms with Crippen LogP contribution in [0.5, 0.6) is 11.5 Å². The number of rotatable bonds is 4. The van der Waals surface area contributed by atoms with Crippen molar-refractivity contribution in [1.29, 1.82) is 0 Å². The second kappa shape index (κ2) is 6.55. The average molecular weight is 350 g/mol. The van der Waals surface area contributed by atoms with Crippen LogP contribution in [0.25, 0.3) is 17.2 Å². The lowest BCUT2D eigenvalue weighted by atomic mass is 10.1. The van der Waals surface area contributed by atoms with Gasteiger partial charge in [-0.05, 0) is 37.3 Å². The van der Waals surface area contributed by atoms with Gasteiger partial charge in [-0.1, -0.05) is 12.1 Å². The van der Waals surface area contributed by atoms with Crippen molar-refractivity contribution in [3.05, 3.63) is 53.4 Å². The van der Waals surface area contributed by atoms with E-state index in [1.807, 2.05) is 31.2 Å². The normalized spacial score (nSPS) is 12.9. The maximum Gasteiger partial charge on any atom is 0.255 e. The van der Waals surface area contributed by atoms with Crippen molar-refractivity contribution in [1.82, 2.24) is 4.98 Å². The third-order valence-electron chi connectivity index (χ3n) is 4.05. The number of aryl methyl sites for hydroxylation is 1. The first kappa shape index (κ1) is 16.2. The van der Waals surface area contributed by atoms with Gasteiger partial charge in [0.2, 0.25) is 0 Å². The summed E-state index contributed by atoms with van der Waals surface area (Å²) in [5.74, 6) is 1.74. The van der Waals surface area contributed by atoms with Gasteiger partial charge in [-0.15, -0.1) is 0 Å². The van der Waals surface area contributed by atoms with Gasteiger partial charge in [0.15, 0.2) is 23.0 Å². The second-order valence-electron chi connectivity index (χ2n) is 5.94. The molecule has 1 amide bonds. The van der Waals surface area contributed by atoms with Crippen LogP contribution in [0.2, 0.25) is 0 Å². The fourth-order valence-corrected chi connectivity index (χ4v) is 2.91. The van der Waals surface area contributed by atoms with Crippen molar-refractivity contribution < 1.29 is 18.7 Å². The predicted octanol–water partition coefficient (Wildman–Crippen LogP) is 3.95. The van der Waals surface area contributed by atoms with Gasteiger partial charge in [0, 0.05) is 18.2 Å². The van der Waals surface area contributed by atoms with E-state index in [0.717, 1.165) is 5.56 Å². The van der Waals surface area contributed by atoms with Crippen LogP contribution in [-0.4, -0.2) is 24.1 Å². The number of benzene rings is 2. The summed E-state index contributed by atoms with van der Waals surface area (Å²) in [6.45, 7) is 4.45. The molecule has 6 nitrogen and oxygen atoms in total. The van der Waals surface area contributed by atoms with Gasteiger partial charge in [0.25, 0.3) is 5.91 Å². The fourth-order valence-electron chi connectivity index (χ4n) is 2.91. The molecule has 0 unspecified atom stereocenters. The van der Waals surface area contributed by atoms with E-state index < -0.39 is 0 Å². The summed E-state index contributed by atoms with van der Waals surface area (Å²) in [6, 6.07) is 11.0. The number of carbonyl (C=O) groups excluding carboxylic acids is 1. The molecule has 0 saturated carbocycles. The molecule has 1 aromatic heterocycles. The molecule has 132 valence electrons. The fraction of sp³-hybridized carbons (Fsp3) is 0.200. The minimum Gasteiger partial charge on any atom is -0.490 e. The molecular formula is C20H18N2O4. The van der Waals surface area contributed by atoms with Crippen LogP contribution in [-0.2, 0) is 4.79 Å². The third-order valence-corrected chi connectivity index (χ3v) is 4.05. The molecule has 0 aliphatic carbocycles. The van der Waals surface area contributed by atoms with E-state index in [4.69, 9.17) is 13.9 Å². The quantitative estimate of drug-likeness (QED) is 0.771. The number of nitrogens with one attached hydrogen (secondary N) is 1. The van der Waals surface area contributed by atoms with E-state index in [1.54, 1.807) is 25.1 Å². The maximum absolute atomic E-state index is 12.6. The van der Waals surface area contributed by atoms with Gasteiger partial charge in [0.05, 0.1) is 12.2 Å². The minimum absolute atomic E-state index is 0.189. The Morgan fingerprint density at radius 2 is 2.19 bits per heavy atom. The Morgan fingerprint density at radius 1 is 1.31 bits per heavy atom. The summed E-state index contributed by atoms with van der Waals surface area (Å²) in [6.07, 6.45) is 1.83. The highest BCUT2D eigenvalue weighted by Crippen LogP contribution is 2.36. The van der Waals surface area contributed by atoms with E-state index >= 15 is 0 Å². The van der Waals surface area contributed by atoms with Crippen molar-refractivity contribution >= 4 is 28.8 Å². The SMILES string of the molecule is CCOc1cccc2c1OCC(C(=O)Nc1ccc3oc(C)nc3c1)=C2. The first-order valence-electron chi connectivity index (χ1n) is 8.42. The van der Waals surface area contributed by atoms with E-state index in [-0.39, 0.29) is 12.5 Å². The van der Waals surface area contributed by atoms with Crippen LogP contribution in [0.3, 0.4) is 0 Å². The molecule has 6 heteroatoms. The summed E-state index contributed by atoms with van der Waals surface area (Å²) >= 11 is 0. The molecule has 0 bridgehead atoms. The molecule has 0 atom stereocenters. The first-order valence-corrected chi connectivity index (χ1v) is 8.42. The molecule has 1 aliphatic heterocycles. The lowest BCUT2D eigenvalue weighted by Gasteiger charge is -2.20. The maximum atomic E-state index is 12.6. The van der Waals surface area contributed by atoms with E-state index in [2.05, 4.69) is 10.3 Å². The number of aromatic nitrogens is 1. The van der Waals surface area contributed by atoms with Crippen LogP contribution >= 0.6 is 0 Å². The summed E-state index contributed by atoms with van der Waals surface area (Å²) in [5, 5.41) is 2.88. The highest BCUT2D eigenvalue weighted by Gasteiger charge is 2.20. The summed E-state index contributed by atoms with van der Waals surface area (Å²) < 4.78 is 16.8. The van der Waals surface area contributed by atoms with Crippen LogP contribution in [0.15, 0.2) is 46.4 Å². The van der Waals surface area contributed by atoms with Crippen molar-refractivity contribution in [2.75, 3.05) is 18.5 Å². The number of fused-ring (bicyclic) bond motifs is 2. The molecule has 2 aromatic carbocycles. The molecule has 26 heavy (non-hydrogen) atoms. The van der Waals surface area contributed by atoms with Crippen molar-refractivity contribution in [2.45, 2.75) is 13.8 Å². The van der Waals surface area contributed by atoms with Gasteiger partial charge < -0.3 is 19.2 Å². The Labute approximate surface area is 150 Å². The van der Waals surface area contributed by atoms with Crippen LogP contribution < -0.4 is 14.8 Å². The number of ether oxygens (including phenoxy) is 2. The van der Waals surface area contributed by atoms with Gasteiger partial charge in [-0.2, -0.15) is 0 Å². The number of hydrogen-bond acceptors (Lipinski definition) is 5. The molecule has 0 radical (unpaired) electrons. The first-order chi connectivity index (χ1) is 12.6. The lowest BCUT2D eigenvalue weighted by Crippen LogP contribution is -2.21. The number of anilines is 1. The lowest BCUT2D eigenvalue weighted by molar-refractivity contribution is -0.113. The number of oxazole rings is 1. The minimum atomic E-state index is -0.211. The molecule has 1 aliphatic rings. The van der Waals surface area contributed by atoms with E-state index in [0.29, 0.717) is 46.4 Å². The standard InChI is InChI=1S/C20H18N2O4/c1-3-24-18-6-4-5-13-9-14(11-25-19(13)18)20(23)22-15-7-8-17-16(10-15)21-12(2)26-17/h4-10H,3,11H2,1-2H3,(H,22,23). The Bertz CT molecular complexity index is 1020. The molecular weight excluding hydrogens is 332 g/mol. The van der Waals surface area contributed by atoms with Gasteiger partial charge in [0.1, 0.15) is 12.1 Å². The number of nitrogens with zero attached hydrogens (tertiary/aromatic N) is 1. The number of amides is 1. The number of hydrogen-bond donors (Lipinski definition) is 1. The van der Waals surface area contributed by atoms with Gasteiger partial charge in [-0.3, -0.25) is 4.79 Å². The molecule has 0 spiro atoms. The molecule has 2 heterocycles. The van der Waals surface area contributed by atoms with E-state index in [1.165, 1.54) is 0 Å². The Kier molecular flexibility index (Phi) is 4.08. The van der Waals surface area contributed by atoms with Crippen LogP contribution in [0.1, 0.15) is 18.4 Å². The molecule has 0 fully saturated rings. The average Bonchev–Trinajstić information content (AvgIpc) is 3.01. The van der Waals surface area contributed by atoms with Crippen LogP contribution in [0.4, 0.5) is 5.69 Å². The zero-order valence-corrected chi connectivity index (χ0v) is 14.5. The largest absolute Gasteiger partial charge is 0.490 e. The highest BCUT2D eigenvalue weighted by molar-refractivity contribution is 6.08. The van der Waals surface area contributed by atoms with Crippen molar-refractivity contribution in [2.24, 2.45) is 0 Å². The van der Waals surface area contributed by atoms with Crippen molar-refractivity contribution in [3.8, 4) is 11.5 Å². The second-order valence-corrected chi connectivity index (χ2v) is 5.94. The topological polar surface area (TPSA) is 73.6 Å². The Balaban J connectivity index is 1.57. The predicted molar refractivity (Wildman–Crippen MR) is 98.5 cm³/mol.